The molecule has 0 unspecified atom stereocenters. The predicted octanol–water partition coefficient (Wildman–Crippen LogP) is 2.03. The maximum atomic E-state index is 12.9. The fourth-order valence-electron chi connectivity index (χ4n) is 3.50. The van der Waals surface area contributed by atoms with Crippen molar-refractivity contribution < 1.29 is 34.2 Å². The third-order valence-electron chi connectivity index (χ3n) is 5.01. The number of Topliss-reactive ketones (excluding diaryl/α,β-unsaturated/α-hetero) is 1. The minimum atomic E-state index is -0.933. The highest BCUT2D eigenvalue weighted by molar-refractivity contribution is 6.46. The number of non-ortho nitro benzene ring substituents is 1. The lowest BCUT2D eigenvalue weighted by molar-refractivity contribution is -0.384. The van der Waals surface area contributed by atoms with Gasteiger partial charge in [0, 0.05) is 24.2 Å². The van der Waals surface area contributed by atoms with Gasteiger partial charge in [-0.3, -0.25) is 19.7 Å². The van der Waals surface area contributed by atoms with Crippen LogP contribution in [0.5, 0.6) is 5.75 Å². The second-order valence-electron chi connectivity index (χ2n) is 6.91. The minimum absolute atomic E-state index is 0.0347. The van der Waals surface area contributed by atoms with Crippen LogP contribution < -0.4 is 4.74 Å². The van der Waals surface area contributed by atoms with Gasteiger partial charge in [-0.05, 0) is 17.7 Å². The number of ether oxygens (including phenoxy) is 2. The molecule has 1 fully saturated rings. The van der Waals surface area contributed by atoms with Crippen LogP contribution in [0.25, 0.3) is 5.76 Å². The second-order valence-corrected chi connectivity index (χ2v) is 6.91. The van der Waals surface area contributed by atoms with Gasteiger partial charge in [-0.15, -0.1) is 0 Å². The Balaban J connectivity index is 2.09. The summed E-state index contributed by atoms with van der Waals surface area (Å²) in [6, 6.07) is 10.9. The maximum absolute atomic E-state index is 12.9. The summed E-state index contributed by atoms with van der Waals surface area (Å²) in [5, 5.41) is 30.9. The average molecular weight is 442 g/mol. The van der Waals surface area contributed by atoms with Crippen LogP contribution in [0, 0.1) is 10.1 Å². The van der Waals surface area contributed by atoms with E-state index in [0.717, 1.165) is 6.07 Å². The van der Waals surface area contributed by atoms with Gasteiger partial charge in [-0.2, -0.15) is 0 Å². The van der Waals surface area contributed by atoms with Gasteiger partial charge in [0.15, 0.2) is 0 Å². The number of nitrogens with zero attached hydrogens (tertiary/aromatic N) is 2. The monoisotopic (exact) mass is 442 g/mol. The Morgan fingerprint density at radius 3 is 2.50 bits per heavy atom. The van der Waals surface area contributed by atoms with Crippen LogP contribution in [-0.4, -0.2) is 65.2 Å². The maximum Gasteiger partial charge on any atom is 0.295 e. The molecule has 0 radical (unpaired) electrons. The van der Waals surface area contributed by atoms with Crippen molar-refractivity contribution in [3.8, 4) is 5.75 Å². The Labute approximate surface area is 183 Å². The van der Waals surface area contributed by atoms with Gasteiger partial charge in [0.2, 0.25) is 0 Å². The van der Waals surface area contributed by atoms with Gasteiger partial charge in [-0.1, -0.05) is 24.3 Å². The molecule has 1 aliphatic rings. The molecule has 1 amide bonds. The van der Waals surface area contributed by atoms with Crippen molar-refractivity contribution in [1.82, 2.24) is 4.90 Å². The number of benzene rings is 2. The van der Waals surface area contributed by atoms with Crippen molar-refractivity contribution in [3.05, 3.63) is 75.3 Å². The normalized spacial score (nSPS) is 17.6. The van der Waals surface area contributed by atoms with Crippen molar-refractivity contribution >= 4 is 23.1 Å². The molecule has 1 heterocycles. The molecule has 0 bridgehead atoms. The van der Waals surface area contributed by atoms with Crippen LogP contribution in [0.3, 0.4) is 0 Å². The van der Waals surface area contributed by atoms with E-state index in [1.807, 2.05) is 0 Å². The molecule has 10 nitrogen and oxygen atoms in total. The molecule has 1 aliphatic heterocycles. The summed E-state index contributed by atoms with van der Waals surface area (Å²) in [7, 11) is 1.50. The van der Waals surface area contributed by atoms with Crippen molar-refractivity contribution in [2.24, 2.45) is 0 Å². The Morgan fingerprint density at radius 2 is 1.88 bits per heavy atom. The van der Waals surface area contributed by atoms with E-state index in [-0.39, 0.29) is 43.2 Å². The van der Waals surface area contributed by atoms with E-state index in [9.17, 15) is 24.8 Å². The largest absolute Gasteiger partial charge is 0.507 e. The topological polar surface area (TPSA) is 139 Å². The first-order chi connectivity index (χ1) is 15.4. The SMILES string of the molecule is COc1ccc([C@@H]2/C(=C(\O)c3cccc([N+](=O)[O-])c3)C(=O)C(=O)N2CCOCCO)cc1. The van der Waals surface area contributed by atoms with E-state index in [4.69, 9.17) is 14.6 Å². The number of nitro groups is 1. The number of nitro benzene ring substituents is 1. The van der Waals surface area contributed by atoms with Crippen LogP contribution in [0.2, 0.25) is 0 Å². The molecule has 32 heavy (non-hydrogen) atoms. The molecule has 168 valence electrons. The van der Waals surface area contributed by atoms with Gasteiger partial charge < -0.3 is 24.6 Å². The number of methoxy groups -OCH3 is 1. The number of aliphatic hydroxyl groups excluding tert-OH is 2. The van der Waals surface area contributed by atoms with Crippen molar-refractivity contribution in [2.75, 3.05) is 33.5 Å². The zero-order valence-electron chi connectivity index (χ0n) is 17.3. The predicted molar refractivity (Wildman–Crippen MR) is 113 cm³/mol. The molecule has 2 aromatic carbocycles. The first-order valence-corrected chi connectivity index (χ1v) is 9.74. The molecular weight excluding hydrogens is 420 g/mol. The quantitative estimate of drug-likeness (QED) is 0.150. The second kappa shape index (κ2) is 10.0. The van der Waals surface area contributed by atoms with E-state index < -0.39 is 28.4 Å². The van der Waals surface area contributed by atoms with Gasteiger partial charge in [0.1, 0.15) is 11.5 Å². The number of hydrogen-bond donors (Lipinski definition) is 2. The van der Waals surface area contributed by atoms with Crippen LogP contribution in [0.1, 0.15) is 17.2 Å². The number of carbonyl (C=O) groups excluding carboxylic acids is 2. The van der Waals surface area contributed by atoms with Crippen LogP contribution in [-0.2, 0) is 14.3 Å². The molecule has 1 saturated heterocycles. The third-order valence-corrected chi connectivity index (χ3v) is 5.01. The minimum Gasteiger partial charge on any atom is -0.507 e. The molecule has 0 aliphatic carbocycles. The van der Waals surface area contributed by atoms with Crippen molar-refractivity contribution in [1.29, 1.82) is 0 Å². The number of hydrogen-bond acceptors (Lipinski definition) is 8. The highest BCUT2D eigenvalue weighted by atomic mass is 16.6. The lowest BCUT2D eigenvalue weighted by Crippen LogP contribution is -2.33. The summed E-state index contributed by atoms with van der Waals surface area (Å²) in [6.45, 7) is -0.0115. The number of aliphatic hydroxyl groups is 2. The molecule has 0 saturated carbocycles. The fourth-order valence-corrected chi connectivity index (χ4v) is 3.50. The summed E-state index contributed by atoms with van der Waals surface area (Å²) < 4.78 is 10.4. The van der Waals surface area contributed by atoms with Crippen LogP contribution >= 0.6 is 0 Å². The first-order valence-electron chi connectivity index (χ1n) is 9.74. The lowest BCUT2D eigenvalue weighted by Gasteiger charge is -2.25. The van der Waals surface area contributed by atoms with E-state index in [1.54, 1.807) is 24.3 Å². The standard InChI is InChI=1S/C22H22N2O8/c1-31-17-7-5-14(6-8-17)19-18(20(26)15-3-2-4-16(13-15)24(29)30)21(27)22(28)23(19)9-11-32-12-10-25/h2-8,13,19,25-26H,9-12H2,1H3/b20-18+/t19-/m1/s1. The van der Waals surface area contributed by atoms with E-state index in [2.05, 4.69) is 0 Å². The Hall–Kier alpha value is -3.76. The highest BCUT2D eigenvalue weighted by Gasteiger charge is 2.46. The molecule has 10 heteroatoms. The molecule has 1 atom stereocenters. The van der Waals surface area contributed by atoms with Crippen LogP contribution in [0.15, 0.2) is 54.1 Å². The molecule has 0 spiro atoms. The van der Waals surface area contributed by atoms with Gasteiger partial charge in [0.25, 0.3) is 17.4 Å². The lowest BCUT2D eigenvalue weighted by atomic mass is 9.95. The van der Waals surface area contributed by atoms with Gasteiger partial charge in [-0.25, -0.2) is 0 Å². The zero-order valence-corrected chi connectivity index (χ0v) is 17.3. The molecular formula is C22H22N2O8. The number of amides is 1. The van der Waals surface area contributed by atoms with Gasteiger partial charge >= 0.3 is 0 Å². The number of carbonyl (C=O) groups is 2. The summed E-state index contributed by atoms with van der Waals surface area (Å²) >= 11 is 0. The highest BCUT2D eigenvalue weighted by Crippen LogP contribution is 2.40. The third kappa shape index (κ3) is 4.61. The molecule has 0 aromatic heterocycles. The van der Waals surface area contributed by atoms with Crippen LogP contribution in [0.4, 0.5) is 5.69 Å². The molecule has 2 aromatic rings. The summed E-state index contributed by atoms with van der Waals surface area (Å²) in [4.78, 5) is 37.5. The fraction of sp³-hybridized carbons (Fsp3) is 0.273. The summed E-state index contributed by atoms with van der Waals surface area (Å²) in [6.07, 6.45) is 0. The van der Waals surface area contributed by atoms with E-state index in [0.29, 0.717) is 11.3 Å². The van der Waals surface area contributed by atoms with Crippen molar-refractivity contribution in [3.63, 3.8) is 0 Å². The van der Waals surface area contributed by atoms with Gasteiger partial charge in [0.05, 0.1) is 43.5 Å². The van der Waals surface area contributed by atoms with Crippen molar-refractivity contribution in [2.45, 2.75) is 6.04 Å². The summed E-state index contributed by atoms with van der Waals surface area (Å²) in [5.74, 6) is -1.68. The summed E-state index contributed by atoms with van der Waals surface area (Å²) in [5.41, 5.74) is 0.149. The molecule has 3 rings (SSSR count). The first kappa shape index (κ1) is 22.9. The zero-order chi connectivity index (χ0) is 23.3. The Morgan fingerprint density at radius 1 is 1.16 bits per heavy atom. The smallest absolute Gasteiger partial charge is 0.295 e. The Kier molecular flexibility index (Phi) is 7.18. The molecule has 2 N–H and O–H groups in total. The average Bonchev–Trinajstić information content (AvgIpc) is 3.06. The van der Waals surface area contributed by atoms with E-state index >= 15 is 0 Å². The van der Waals surface area contributed by atoms with E-state index in [1.165, 1.54) is 30.2 Å². The number of ketones is 1. The number of likely N-dealkylation sites (tertiary alicyclic amines) is 1. The number of rotatable bonds is 9. The Bertz CT molecular complexity index is 1050.